The lowest BCUT2D eigenvalue weighted by atomic mass is 9.64. The van der Waals surface area contributed by atoms with Gasteiger partial charge in [0.2, 0.25) is 17.8 Å². The fraction of sp³-hybridized carbons (Fsp3) is 0.450. The molecule has 3 amide bonds. The van der Waals surface area contributed by atoms with Gasteiger partial charge in [-0.25, -0.2) is 9.97 Å². The number of pyridine rings is 2. The van der Waals surface area contributed by atoms with E-state index in [9.17, 15) is 19.2 Å². The van der Waals surface area contributed by atoms with Gasteiger partial charge in [0.1, 0.15) is 10.7 Å². The molecule has 6 heterocycles. The summed E-state index contributed by atoms with van der Waals surface area (Å²) in [6, 6.07) is 9.72. The van der Waals surface area contributed by atoms with Crippen molar-refractivity contribution in [3.8, 4) is 5.75 Å². The maximum atomic E-state index is 13.2. The molecule has 3 unspecified atom stereocenters. The van der Waals surface area contributed by atoms with E-state index in [1.807, 2.05) is 37.7 Å². The number of nitrogens with one attached hydrogen (secondary N) is 4. The van der Waals surface area contributed by atoms with Gasteiger partial charge in [0.25, 0.3) is 11.5 Å². The second-order valence-electron chi connectivity index (χ2n) is 15.9. The van der Waals surface area contributed by atoms with Crippen LogP contribution in [0.5, 0.6) is 5.75 Å². The molecular formula is C40H46ClN11O5. The largest absolute Gasteiger partial charge is 0.478 e. The van der Waals surface area contributed by atoms with Gasteiger partial charge >= 0.3 is 0 Å². The van der Waals surface area contributed by atoms with Gasteiger partial charge in [0, 0.05) is 67.6 Å². The first-order chi connectivity index (χ1) is 27.3. The summed E-state index contributed by atoms with van der Waals surface area (Å²) in [5, 5.41) is 18.6. The molecule has 1 aromatic carbocycles. The fourth-order valence-corrected chi connectivity index (χ4v) is 8.82. The number of hydrogen-bond acceptors (Lipinski definition) is 12. The first-order valence-corrected chi connectivity index (χ1v) is 19.7. The lowest BCUT2D eigenvalue weighted by molar-refractivity contribution is -0.134. The molecule has 1 saturated carbocycles. The summed E-state index contributed by atoms with van der Waals surface area (Å²) in [4.78, 5) is 65.5. The molecule has 3 fully saturated rings. The first kappa shape index (κ1) is 38.1. The highest BCUT2D eigenvalue weighted by atomic mass is 35.5. The Balaban J connectivity index is 0.918. The predicted octanol–water partition coefficient (Wildman–Crippen LogP) is 4.80. The number of benzene rings is 1. The SMILES string of the molecule is CNC(=O)COc1cc2cc(Nc3nc(N4CC5(CCC(Nc6ccc7c(C8CCC(=O)NC8=O)nn(C)c7c6)C(C)C5)C4)ncc3Cl)cnc2n(C(C)C)c1=O. The van der Waals surface area contributed by atoms with Gasteiger partial charge in [-0.15, -0.1) is 0 Å². The number of aryl methyl sites for hydroxylation is 1. The molecule has 4 N–H and O–H groups in total. The number of carbonyl (C=O) groups excluding carboxylic acids is 3. The number of carbonyl (C=O) groups is 3. The molecule has 5 aromatic rings. The maximum Gasteiger partial charge on any atom is 0.294 e. The van der Waals surface area contributed by atoms with Crippen LogP contribution in [0.15, 0.2) is 47.5 Å². The lowest BCUT2D eigenvalue weighted by Crippen LogP contribution is -2.60. The molecule has 0 radical (unpaired) electrons. The highest BCUT2D eigenvalue weighted by Crippen LogP contribution is 2.48. The number of imide groups is 1. The Bertz CT molecular complexity index is 2480. The van der Waals surface area contributed by atoms with Crippen LogP contribution in [0.2, 0.25) is 5.02 Å². The minimum Gasteiger partial charge on any atom is -0.478 e. The van der Waals surface area contributed by atoms with Crippen LogP contribution in [0.25, 0.3) is 21.9 Å². The number of anilines is 4. The number of likely N-dealkylation sites (N-methyl/N-ethyl adjacent to an activating group) is 1. The highest BCUT2D eigenvalue weighted by Gasteiger charge is 2.48. The van der Waals surface area contributed by atoms with Crippen molar-refractivity contribution in [1.29, 1.82) is 0 Å². The summed E-state index contributed by atoms with van der Waals surface area (Å²) in [7, 11) is 3.39. The van der Waals surface area contributed by atoms with Gasteiger partial charge in [-0.1, -0.05) is 18.5 Å². The van der Waals surface area contributed by atoms with Crippen molar-refractivity contribution in [2.24, 2.45) is 18.4 Å². The zero-order valence-electron chi connectivity index (χ0n) is 32.6. The van der Waals surface area contributed by atoms with Crippen molar-refractivity contribution >= 4 is 74.4 Å². The summed E-state index contributed by atoms with van der Waals surface area (Å²) in [6.07, 6.45) is 7.16. The van der Waals surface area contributed by atoms with Crippen molar-refractivity contribution in [1.82, 2.24) is 39.9 Å². The smallest absolute Gasteiger partial charge is 0.294 e. The van der Waals surface area contributed by atoms with Gasteiger partial charge < -0.3 is 25.6 Å². The zero-order chi connectivity index (χ0) is 40.2. The maximum absolute atomic E-state index is 13.2. The Morgan fingerprint density at radius 2 is 1.89 bits per heavy atom. The summed E-state index contributed by atoms with van der Waals surface area (Å²) < 4.78 is 8.95. The van der Waals surface area contributed by atoms with Crippen LogP contribution >= 0.6 is 11.6 Å². The van der Waals surface area contributed by atoms with Crippen molar-refractivity contribution in [3.05, 3.63) is 63.8 Å². The molecule has 2 saturated heterocycles. The summed E-state index contributed by atoms with van der Waals surface area (Å²) in [6.45, 7) is 7.49. The van der Waals surface area contributed by atoms with E-state index in [1.54, 1.807) is 23.0 Å². The number of ether oxygens (including phenoxy) is 1. The van der Waals surface area contributed by atoms with E-state index in [4.69, 9.17) is 26.4 Å². The second kappa shape index (κ2) is 15.0. The molecule has 2 aliphatic heterocycles. The third-order valence-electron chi connectivity index (χ3n) is 11.6. The number of hydrogen-bond donors (Lipinski definition) is 4. The Morgan fingerprint density at radius 1 is 1.09 bits per heavy atom. The number of nitrogens with zero attached hydrogens (tertiary/aromatic N) is 7. The zero-order valence-corrected chi connectivity index (χ0v) is 33.3. The molecule has 16 nitrogen and oxygen atoms in total. The van der Waals surface area contributed by atoms with E-state index < -0.39 is 5.92 Å². The number of aromatic nitrogens is 6. The van der Waals surface area contributed by atoms with E-state index >= 15 is 0 Å². The summed E-state index contributed by atoms with van der Waals surface area (Å²) >= 11 is 6.59. The Hall–Kier alpha value is -5.77. The van der Waals surface area contributed by atoms with E-state index in [0.717, 1.165) is 48.9 Å². The van der Waals surface area contributed by atoms with Crippen LogP contribution in [-0.2, 0) is 21.4 Å². The molecule has 3 aliphatic rings. The number of amides is 3. The van der Waals surface area contributed by atoms with Crippen molar-refractivity contribution in [3.63, 3.8) is 0 Å². The molecule has 298 valence electrons. The van der Waals surface area contributed by atoms with Gasteiger partial charge in [-0.05, 0) is 75.8 Å². The van der Waals surface area contributed by atoms with E-state index in [-0.39, 0.29) is 47.1 Å². The molecule has 3 atom stereocenters. The normalized spacial score (nSPS) is 20.5. The predicted molar refractivity (Wildman–Crippen MR) is 217 cm³/mol. The average molecular weight is 796 g/mol. The molecule has 0 bridgehead atoms. The second-order valence-corrected chi connectivity index (χ2v) is 16.3. The van der Waals surface area contributed by atoms with Gasteiger partial charge in [-0.2, -0.15) is 10.1 Å². The van der Waals surface area contributed by atoms with Crippen LogP contribution in [0.4, 0.5) is 23.1 Å². The quantitative estimate of drug-likeness (QED) is 0.142. The number of halogens is 1. The van der Waals surface area contributed by atoms with E-state index in [1.165, 1.54) is 7.05 Å². The Kier molecular flexibility index (Phi) is 10.0. The van der Waals surface area contributed by atoms with Crippen LogP contribution in [0.1, 0.15) is 70.5 Å². The average Bonchev–Trinajstić information content (AvgIpc) is 3.49. The number of piperidine rings is 1. The number of fused-ring (bicyclic) bond motifs is 2. The van der Waals surface area contributed by atoms with Crippen molar-refractivity contribution in [2.75, 3.05) is 42.3 Å². The van der Waals surface area contributed by atoms with Crippen LogP contribution < -0.4 is 36.5 Å². The van der Waals surface area contributed by atoms with Gasteiger partial charge in [-0.3, -0.25) is 33.7 Å². The summed E-state index contributed by atoms with van der Waals surface area (Å²) in [5.74, 6) is 0.213. The minimum absolute atomic E-state index is 0.0558. The van der Waals surface area contributed by atoms with Crippen LogP contribution in [-0.4, -0.2) is 79.8 Å². The fourth-order valence-electron chi connectivity index (χ4n) is 8.68. The molecule has 1 spiro atoms. The van der Waals surface area contributed by atoms with E-state index in [2.05, 4.69) is 55.2 Å². The monoisotopic (exact) mass is 795 g/mol. The van der Waals surface area contributed by atoms with Crippen molar-refractivity contribution in [2.45, 2.75) is 70.9 Å². The Labute approximate surface area is 333 Å². The van der Waals surface area contributed by atoms with Gasteiger partial charge in [0.15, 0.2) is 18.2 Å². The lowest BCUT2D eigenvalue weighted by Gasteiger charge is -2.55. The van der Waals surface area contributed by atoms with Gasteiger partial charge in [0.05, 0.1) is 35.2 Å². The molecule has 8 rings (SSSR count). The standard InChI is InChI=1S/C40H46ClN11O5/c1-21(2)52-36-23(13-31(38(52)56)57-18-33(54)42-4)12-25(16-43-36)46-35-28(41)17-44-39(48-35)51-19-40(20-51)11-10-29(22(3)15-40)45-24-6-7-26-30(14-24)50(5)49-34(26)27-8-9-32(53)47-37(27)55/h6-7,12-14,16-17,21-22,27,29,45H,8-11,15,18-20H2,1-5H3,(H,42,54)(H,44,46,48)(H,47,53,55). The first-order valence-electron chi connectivity index (χ1n) is 19.3. The molecular weight excluding hydrogens is 750 g/mol. The van der Waals surface area contributed by atoms with Crippen LogP contribution in [0, 0.1) is 11.3 Å². The molecule has 4 aromatic heterocycles. The third-order valence-corrected chi connectivity index (χ3v) is 11.8. The number of rotatable bonds is 10. The molecule has 17 heteroatoms. The van der Waals surface area contributed by atoms with E-state index in [0.29, 0.717) is 64.0 Å². The minimum atomic E-state index is -0.434. The summed E-state index contributed by atoms with van der Waals surface area (Å²) in [5.41, 5.74) is 3.57. The topological polar surface area (TPSA) is 190 Å². The third kappa shape index (κ3) is 7.33. The molecule has 57 heavy (non-hydrogen) atoms. The highest BCUT2D eigenvalue weighted by molar-refractivity contribution is 6.33. The molecule has 1 aliphatic carbocycles. The van der Waals surface area contributed by atoms with Crippen LogP contribution in [0.3, 0.4) is 0 Å². The van der Waals surface area contributed by atoms with Crippen molar-refractivity contribution < 1.29 is 19.1 Å². The Morgan fingerprint density at radius 3 is 2.63 bits per heavy atom.